The summed E-state index contributed by atoms with van der Waals surface area (Å²) < 4.78 is 5.26. The van der Waals surface area contributed by atoms with Crippen LogP contribution in [0.25, 0.3) is 11.1 Å². The number of fused-ring (bicyclic) bond motifs is 18. The van der Waals surface area contributed by atoms with E-state index in [9.17, 15) is 43.5 Å². The summed E-state index contributed by atoms with van der Waals surface area (Å²) in [6.07, 6.45) is 0.377. The van der Waals surface area contributed by atoms with Gasteiger partial charge in [0.2, 0.25) is 35.4 Å². The molecule has 0 saturated heterocycles. The zero-order chi connectivity index (χ0) is 53.0. The number of anilines is 1. The van der Waals surface area contributed by atoms with Crippen LogP contribution in [0.5, 0.6) is 0 Å². The molecule has 74 heavy (non-hydrogen) atoms. The number of hydrogen-bond acceptors (Lipinski definition) is 10. The van der Waals surface area contributed by atoms with Crippen LogP contribution in [0.15, 0.2) is 127 Å². The number of ether oxygens (including phenoxy) is 1. The van der Waals surface area contributed by atoms with Crippen LogP contribution in [-0.4, -0.2) is 95.0 Å². The van der Waals surface area contributed by atoms with Gasteiger partial charge in [-0.3, -0.25) is 28.8 Å². The summed E-state index contributed by atoms with van der Waals surface area (Å²) >= 11 is 1.39. The Labute approximate surface area is 435 Å². The molecule has 7 rings (SSSR count). The van der Waals surface area contributed by atoms with Crippen molar-refractivity contribution in [2.75, 3.05) is 11.9 Å². The molecule has 390 valence electrons. The van der Waals surface area contributed by atoms with Crippen molar-refractivity contribution in [2.45, 2.75) is 121 Å². The van der Waals surface area contributed by atoms with E-state index in [0.717, 1.165) is 16.0 Å². The second kappa shape index (κ2) is 27.3. The highest BCUT2D eigenvalue weighted by atomic mass is 32.1. The van der Waals surface area contributed by atoms with Gasteiger partial charge in [0.05, 0.1) is 0 Å². The Morgan fingerprint density at radius 1 is 0.649 bits per heavy atom. The van der Waals surface area contributed by atoms with E-state index in [1.807, 2.05) is 72.1 Å². The van der Waals surface area contributed by atoms with Crippen molar-refractivity contribution >= 4 is 64.5 Å². The van der Waals surface area contributed by atoms with Gasteiger partial charge in [-0.05, 0) is 85.0 Å². The Kier molecular flexibility index (Phi) is 20.4. The molecule has 8 N–H and O–H groups in total. The van der Waals surface area contributed by atoms with Gasteiger partial charge in [-0.2, -0.15) is 0 Å². The lowest BCUT2D eigenvalue weighted by Gasteiger charge is -2.27. The molecule has 0 spiro atoms. The van der Waals surface area contributed by atoms with Crippen LogP contribution in [0.3, 0.4) is 0 Å². The molecule has 2 aliphatic heterocycles. The molecule has 5 atom stereocenters. The zero-order valence-electron chi connectivity index (χ0n) is 41.8. The van der Waals surface area contributed by atoms with E-state index in [0.29, 0.717) is 48.2 Å². The lowest BCUT2D eigenvalue weighted by molar-refractivity contribution is -0.142. The number of benzene rings is 4. The zero-order valence-corrected chi connectivity index (χ0v) is 42.6. The largest absolute Gasteiger partial charge is 0.480 e. The van der Waals surface area contributed by atoms with Gasteiger partial charge >= 0.3 is 12.1 Å². The Bertz CT molecular complexity index is 2680. The van der Waals surface area contributed by atoms with Crippen molar-refractivity contribution in [3.8, 4) is 11.1 Å². The third-order valence-corrected chi connectivity index (χ3v) is 12.9. The number of carbonyl (C=O) groups excluding carboxylic acids is 7. The van der Waals surface area contributed by atoms with Crippen LogP contribution >= 0.6 is 11.3 Å². The Balaban J connectivity index is 1.29. The maximum absolute atomic E-state index is 14.8. The molecule has 0 saturated carbocycles. The number of hydrogen-bond donors (Lipinski definition) is 8. The van der Waals surface area contributed by atoms with Crippen molar-refractivity contribution in [3.63, 3.8) is 0 Å². The second-order valence-corrected chi connectivity index (χ2v) is 20.2. The van der Waals surface area contributed by atoms with Crippen LogP contribution in [0.2, 0.25) is 0 Å². The van der Waals surface area contributed by atoms with Gasteiger partial charge in [0.1, 0.15) is 35.8 Å². The monoisotopic (exact) mass is 1030 g/mol. The SMILES string of the molecule is CC(C)(C)OC(=O)NCCCCC[C@H](NC(=O)[C@@H]1Cc2ccc(cc2)NC(=O)CCC(=O)N[C@H](Cc2cccs2)C(=O)N[C@@H](Cc2ccc(-c3ccccc3)cc2)C(=O)N[C@H](Cc2ccccc2)C(=O)N1)C(=O)O. The van der Waals surface area contributed by atoms with E-state index in [-0.39, 0.29) is 44.9 Å². The number of carboxylic acids is 1. The molecule has 0 radical (unpaired) electrons. The van der Waals surface area contributed by atoms with Crippen LogP contribution in [0.4, 0.5) is 10.5 Å². The van der Waals surface area contributed by atoms with Crippen LogP contribution < -0.4 is 37.2 Å². The first kappa shape index (κ1) is 55.5. The third-order valence-electron chi connectivity index (χ3n) is 12.0. The minimum Gasteiger partial charge on any atom is -0.480 e. The van der Waals surface area contributed by atoms with Crippen LogP contribution in [0.1, 0.15) is 80.9 Å². The maximum Gasteiger partial charge on any atom is 0.407 e. The Morgan fingerprint density at radius 3 is 1.84 bits per heavy atom. The summed E-state index contributed by atoms with van der Waals surface area (Å²) in [6, 6.07) is 29.8. The number of thiophene rings is 1. The van der Waals surface area contributed by atoms with Crippen molar-refractivity contribution in [2.24, 2.45) is 0 Å². The molecule has 7 amide bonds. The predicted octanol–water partition coefficient (Wildman–Crippen LogP) is 6.01. The van der Waals surface area contributed by atoms with Gasteiger partial charge in [0, 0.05) is 55.6 Å². The average molecular weight is 1030 g/mol. The predicted molar refractivity (Wildman–Crippen MR) is 282 cm³/mol. The normalized spacial score (nSPS) is 18.5. The van der Waals surface area contributed by atoms with E-state index in [2.05, 4.69) is 37.2 Å². The summed E-state index contributed by atoms with van der Waals surface area (Å²) in [5.41, 5.74) is 3.52. The molecule has 4 aromatic carbocycles. The maximum atomic E-state index is 14.8. The van der Waals surface area contributed by atoms with Crippen molar-refractivity contribution in [1.82, 2.24) is 31.9 Å². The number of aliphatic carboxylic acids is 1. The third kappa shape index (κ3) is 18.3. The van der Waals surface area contributed by atoms with E-state index in [1.165, 1.54) is 11.3 Å². The first-order valence-electron chi connectivity index (χ1n) is 24.8. The van der Waals surface area contributed by atoms with Gasteiger partial charge in [0.25, 0.3) is 0 Å². The highest BCUT2D eigenvalue weighted by molar-refractivity contribution is 7.09. The molecule has 2 bridgehead atoms. The molecule has 18 heteroatoms. The highest BCUT2D eigenvalue weighted by Crippen LogP contribution is 2.21. The van der Waals surface area contributed by atoms with Gasteiger partial charge in [-0.1, -0.05) is 116 Å². The van der Waals surface area contributed by atoms with Crippen LogP contribution in [0, 0.1) is 0 Å². The Morgan fingerprint density at radius 2 is 1.23 bits per heavy atom. The second-order valence-electron chi connectivity index (χ2n) is 19.2. The minimum absolute atomic E-state index is 0.0240. The number of carbonyl (C=O) groups is 8. The lowest BCUT2D eigenvalue weighted by Crippen LogP contribution is -2.60. The number of carboxylic acid groups (broad SMARTS) is 1. The fourth-order valence-electron chi connectivity index (χ4n) is 8.19. The number of rotatable bonds is 16. The molecule has 0 unspecified atom stereocenters. The summed E-state index contributed by atoms with van der Waals surface area (Å²) in [4.78, 5) is 110. The fraction of sp³-hybridized carbons (Fsp3) is 0.357. The minimum atomic E-state index is -1.36. The van der Waals surface area contributed by atoms with Gasteiger partial charge < -0.3 is 47.1 Å². The standard InChI is InChI=1S/C56H65N7O10S/c1-56(2,3)73-55(72)57-30-12-6-11-19-43(54(70)71)60-50(66)45-34-38-22-26-41(27-23-38)58-48(64)28-29-49(65)59-47(35-42-18-13-31-74-42)53(69)63-46(33-37-20-24-40(25-21-37)39-16-9-5-10-17-39)52(68)61-44(51(67)62-45)32-36-14-7-4-8-15-36/h4-5,7-10,13-18,20-27,31,43-47H,6,11-12,19,28-30,32-35H2,1-3H3,(H,57,72)(H,58,64)(H,59,65)(H,60,66)(H,61,68)(H,62,67)(H,63,69)(H,70,71)/t43-,44+,45-,46-,47+/m0/s1. The molecule has 0 aliphatic carbocycles. The molecule has 1 aromatic heterocycles. The molecule has 0 fully saturated rings. The number of alkyl carbamates (subject to hydrolysis) is 1. The van der Waals surface area contributed by atoms with E-state index in [4.69, 9.17) is 4.74 Å². The van der Waals surface area contributed by atoms with Gasteiger partial charge in [-0.25, -0.2) is 9.59 Å². The summed E-state index contributed by atoms with van der Waals surface area (Å²) in [7, 11) is 0. The first-order valence-corrected chi connectivity index (χ1v) is 25.7. The van der Waals surface area contributed by atoms with Crippen molar-refractivity contribution < 1.29 is 48.2 Å². The fourth-order valence-corrected chi connectivity index (χ4v) is 8.95. The smallest absolute Gasteiger partial charge is 0.407 e. The number of unbranched alkanes of at least 4 members (excludes halogenated alkanes) is 2. The topological polar surface area (TPSA) is 250 Å². The highest BCUT2D eigenvalue weighted by Gasteiger charge is 2.34. The van der Waals surface area contributed by atoms with Gasteiger partial charge in [0.15, 0.2) is 0 Å². The van der Waals surface area contributed by atoms with Crippen molar-refractivity contribution in [3.05, 3.63) is 148 Å². The van der Waals surface area contributed by atoms with E-state index >= 15 is 0 Å². The average Bonchev–Trinajstić information content (AvgIpc) is 3.89. The summed E-state index contributed by atoms with van der Waals surface area (Å²) in [6.45, 7) is 5.57. The molecule has 5 aromatic rings. The quantitative estimate of drug-likeness (QED) is 0.0422. The van der Waals surface area contributed by atoms with Gasteiger partial charge in [-0.15, -0.1) is 11.3 Å². The summed E-state index contributed by atoms with van der Waals surface area (Å²) in [5.74, 6) is -5.27. The molecular weight excluding hydrogens is 963 g/mol. The van der Waals surface area contributed by atoms with E-state index in [1.54, 1.807) is 75.4 Å². The molecule has 2 aliphatic rings. The van der Waals surface area contributed by atoms with Crippen molar-refractivity contribution in [1.29, 1.82) is 0 Å². The van der Waals surface area contributed by atoms with Crippen LogP contribution in [-0.2, 0) is 64.0 Å². The number of amides is 7. The molecule has 3 heterocycles. The van der Waals surface area contributed by atoms with E-state index < -0.39 is 83.3 Å². The first-order chi connectivity index (χ1) is 35.5. The number of nitrogens with one attached hydrogen (secondary N) is 7. The molecular formula is C56H65N7O10S. The summed E-state index contributed by atoms with van der Waals surface area (Å²) in [5, 5.41) is 31.4. The molecule has 17 nitrogen and oxygen atoms in total. The lowest BCUT2D eigenvalue weighted by atomic mass is 9.99. The Hall–Kier alpha value is -7.86.